The largest absolute Gasteiger partial charge is 0.469 e. The molecule has 2 heterocycles. The van der Waals surface area contributed by atoms with Crippen molar-refractivity contribution in [3.63, 3.8) is 0 Å². The molecule has 1 fully saturated rings. The van der Waals surface area contributed by atoms with Crippen molar-refractivity contribution in [2.24, 2.45) is 5.92 Å². The third-order valence-electron chi connectivity index (χ3n) is 3.30. The quantitative estimate of drug-likeness (QED) is 0.754. The van der Waals surface area contributed by atoms with E-state index >= 15 is 0 Å². The molecule has 0 aliphatic carbocycles. The van der Waals surface area contributed by atoms with Gasteiger partial charge >= 0.3 is 5.97 Å². The third-order valence-corrected chi connectivity index (χ3v) is 3.30. The molecule has 0 unspecified atom stereocenters. The standard InChI is InChI=1S/C13H19NO3/c1-10-3-4-12(17-10)9-14-7-5-11(6-8-14)13(15)16-2/h3-4,11H,5-9H2,1-2H3. The Balaban J connectivity index is 1.81. The summed E-state index contributed by atoms with van der Waals surface area (Å²) in [6.45, 7) is 4.65. The Bertz CT molecular complexity index is 378. The van der Waals surface area contributed by atoms with Crippen molar-refractivity contribution in [2.75, 3.05) is 20.2 Å². The zero-order valence-electron chi connectivity index (χ0n) is 10.4. The molecule has 1 aliphatic heterocycles. The fourth-order valence-electron chi connectivity index (χ4n) is 2.28. The molecular formula is C13H19NO3. The molecule has 0 spiro atoms. The molecule has 2 rings (SSSR count). The molecule has 0 amide bonds. The Morgan fingerprint density at radius 2 is 2.18 bits per heavy atom. The number of rotatable bonds is 3. The SMILES string of the molecule is COC(=O)C1CCN(Cc2ccc(C)o2)CC1. The van der Waals surface area contributed by atoms with Crippen molar-refractivity contribution in [2.45, 2.75) is 26.3 Å². The predicted octanol–water partition coefficient (Wildman–Crippen LogP) is 1.97. The topological polar surface area (TPSA) is 42.7 Å². The molecule has 4 nitrogen and oxygen atoms in total. The fourth-order valence-corrected chi connectivity index (χ4v) is 2.28. The maximum absolute atomic E-state index is 11.4. The number of carbonyl (C=O) groups excluding carboxylic acids is 1. The number of furan rings is 1. The van der Waals surface area contributed by atoms with Gasteiger partial charge in [-0.3, -0.25) is 9.69 Å². The van der Waals surface area contributed by atoms with Crippen molar-refractivity contribution in [1.29, 1.82) is 0 Å². The monoisotopic (exact) mass is 237 g/mol. The predicted molar refractivity (Wildman–Crippen MR) is 63.5 cm³/mol. The van der Waals surface area contributed by atoms with E-state index < -0.39 is 0 Å². The minimum Gasteiger partial charge on any atom is -0.469 e. The van der Waals surface area contributed by atoms with E-state index in [4.69, 9.17) is 9.15 Å². The van der Waals surface area contributed by atoms with E-state index in [9.17, 15) is 4.79 Å². The van der Waals surface area contributed by atoms with Gasteiger partial charge in [0.15, 0.2) is 0 Å². The molecule has 0 aromatic carbocycles. The average Bonchev–Trinajstić information content (AvgIpc) is 2.75. The van der Waals surface area contributed by atoms with Crippen molar-refractivity contribution in [3.8, 4) is 0 Å². The second kappa shape index (κ2) is 5.36. The zero-order valence-corrected chi connectivity index (χ0v) is 10.4. The average molecular weight is 237 g/mol. The van der Waals surface area contributed by atoms with Gasteiger partial charge < -0.3 is 9.15 Å². The van der Waals surface area contributed by atoms with Gasteiger partial charge in [0.25, 0.3) is 0 Å². The molecule has 0 bridgehead atoms. The smallest absolute Gasteiger partial charge is 0.308 e. The maximum atomic E-state index is 11.4. The molecule has 1 saturated heterocycles. The molecule has 1 aromatic rings. The summed E-state index contributed by atoms with van der Waals surface area (Å²) in [5.74, 6) is 1.96. The second-order valence-corrected chi connectivity index (χ2v) is 4.59. The van der Waals surface area contributed by atoms with E-state index in [1.165, 1.54) is 7.11 Å². The lowest BCUT2D eigenvalue weighted by molar-refractivity contribution is -0.147. The first-order valence-electron chi connectivity index (χ1n) is 6.04. The summed E-state index contributed by atoms with van der Waals surface area (Å²) in [4.78, 5) is 13.7. The van der Waals surface area contributed by atoms with E-state index in [0.29, 0.717) is 0 Å². The van der Waals surface area contributed by atoms with Crippen LogP contribution >= 0.6 is 0 Å². The van der Waals surface area contributed by atoms with Crippen molar-refractivity contribution in [3.05, 3.63) is 23.7 Å². The summed E-state index contributed by atoms with van der Waals surface area (Å²) in [6, 6.07) is 4.00. The van der Waals surface area contributed by atoms with Gasteiger partial charge in [-0.2, -0.15) is 0 Å². The molecule has 4 heteroatoms. The highest BCUT2D eigenvalue weighted by atomic mass is 16.5. The van der Waals surface area contributed by atoms with Crippen molar-refractivity contribution < 1.29 is 13.9 Å². The summed E-state index contributed by atoms with van der Waals surface area (Å²) < 4.78 is 10.3. The van der Waals surface area contributed by atoms with E-state index in [0.717, 1.165) is 44.0 Å². The minimum absolute atomic E-state index is 0.0708. The highest BCUT2D eigenvalue weighted by Gasteiger charge is 2.25. The lowest BCUT2D eigenvalue weighted by Gasteiger charge is -2.29. The Morgan fingerprint density at radius 1 is 1.47 bits per heavy atom. The van der Waals surface area contributed by atoms with Crippen LogP contribution in [0.5, 0.6) is 0 Å². The summed E-state index contributed by atoms with van der Waals surface area (Å²) in [6.07, 6.45) is 1.76. The molecule has 17 heavy (non-hydrogen) atoms. The number of likely N-dealkylation sites (tertiary alicyclic amines) is 1. The van der Waals surface area contributed by atoms with Crippen LogP contribution < -0.4 is 0 Å². The zero-order chi connectivity index (χ0) is 12.3. The first-order valence-corrected chi connectivity index (χ1v) is 6.04. The lowest BCUT2D eigenvalue weighted by Crippen LogP contribution is -2.36. The van der Waals surface area contributed by atoms with Gasteiger partial charge in [0.2, 0.25) is 0 Å². The number of aryl methyl sites for hydroxylation is 1. The minimum atomic E-state index is -0.0708. The number of nitrogens with zero attached hydrogens (tertiary/aromatic N) is 1. The van der Waals surface area contributed by atoms with Crippen LogP contribution in [0.15, 0.2) is 16.5 Å². The van der Waals surface area contributed by atoms with Crippen LogP contribution in [-0.4, -0.2) is 31.1 Å². The molecule has 1 aromatic heterocycles. The van der Waals surface area contributed by atoms with Gasteiger partial charge in [-0.15, -0.1) is 0 Å². The van der Waals surface area contributed by atoms with Crippen LogP contribution in [0.3, 0.4) is 0 Å². The number of hydrogen-bond donors (Lipinski definition) is 0. The van der Waals surface area contributed by atoms with Crippen LogP contribution in [0.1, 0.15) is 24.4 Å². The molecular weight excluding hydrogens is 218 g/mol. The maximum Gasteiger partial charge on any atom is 0.308 e. The molecule has 1 aliphatic rings. The Kier molecular flexibility index (Phi) is 3.84. The fraction of sp³-hybridized carbons (Fsp3) is 0.615. The van der Waals surface area contributed by atoms with Crippen LogP contribution in [0.2, 0.25) is 0 Å². The Morgan fingerprint density at radius 3 is 2.71 bits per heavy atom. The van der Waals surface area contributed by atoms with Gasteiger partial charge in [0.05, 0.1) is 19.6 Å². The molecule has 94 valence electrons. The van der Waals surface area contributed by atoms with Crippen LogP contribution in [0.4, 0.5) is 0 Å². The van der Waals surface area contributed by atoms with Crippen molar-refractivity contribution >= 4 is 5.97 Å². The van der Waals surface area contributed by atoms with Crippen molar-refractivity contribution in [1.82, 2.24) is 4.90 Å². The summed E-state index contributed by atoms with van der Waals surface area (Å²) in [7, 11) is 1.46. The van der Waals surface area contributed by atoms with E-state index in [-0.39, 0.29) is 11.9 Å². The number of carbonyl (C=O) groups is 1. The van der Waals surface area contributed by atoms with Crippen LogP contribution in [0, 0.1) is 12.8 Å². The normalized spacial score (nSPS) is 18.2. The summed E-state index contributed by atoms with van der Waals surface area (Å²) in [5.41, 5.74) is 0. The highest BCUT2D eigenvalue weighted by molar-refractivity contribution is 5.72. The molecule has 0 N–H and O–H groups in total. The highest BCUT2D eigenvalue weighted by Crippen LogP contribution is 2.20. The van der Waals surface area contributed by atoms with Crippen LogP contribution in [0.25, 0.3) is 0 Å². The third kappa shape index (κ3) is 3.09. The number of piperidine rings is 1. The van der Waals surface area contributed by atoms with Crippen LogP contribution in [-0.2, 0) is 16.1 Å². The number of ether oxygens (including phenoxy) is 1. The van der Waals surface area contributed by atoms with E-state index in [2.05, 4.69) is 4.90 Å². The Labute approximate surface area is 102 Å². The lowest BCUT2D eigenvalue weighted by atomic mass is 9.97. The molecule has 0 saturated carbocycles. The van der Waals surface area contributed by atoms with E-state index in [1.807, 2.05) is 19.1 Å². The van der Waals surface area contributed by atoms with Gasteiger partial charge in [0.1, 0.15) is 11.5 Å². The number of methoxy groups -OCH3 is 1. The molecule has 0 radical (unpaired) electrons. The number of esters is 1. The van der Waals surface area contributed by atoms with Gasteiger partial charge in [-0.1, -0.05) is 0 Å². The first kappa shape index (κ1) is 12.2. The van der Waals surface area contributed by atoms with Gasteiger partial charge in [-0.05, 0) is 45.0 Å². The summed E-state index contributed by atoms with van der Waals surface area (Å²) in [5, 5.41) is 0. The van der Waals surface area contributed by atoms with Gasteiger partial charge in [0, 0.05) is 0 Å². The number of hydrogen-bond acceptors (Lipinski definition) is 4. The summed E-state index contributed by atoms with van der Waals surface area (Å²) >= 11 is 0. The second-order valence-electron chi connectivity index (χ2n) is 4.59. The molecule has 0 atom stereocenters. The van der Waals surface area contributed by atoms with Gasteiger partial charge in [-0.25, -0.2) is 0 Å². The Hall–Kier alpha value is -1.29. The first-order chi connectivity index (χ1) is 8.19. The van der Waals surface area contributed by atoms with E-state index in [1.54, 1.807) is 0 Å².